The number of aromatic nitrogens is 2. The quantitative estimate of drug-likeness (QED) is 0.0710. The molecule has 2 aliphatic rings. The molecule has 30 heteroatoms. The Morgan fingerprint density at radius 2 is 0.897 bits per heavy atom. The molecule has 0 atom stereocenters. The van der Waals surface area contributed by atoms with Gasteiger partial charge in [0.15, 0.2) is 11.2 Å². The number of piperazine rings is 2. The third-order valence-electron chi connectivity index (χ3n) is 11.3. The van der Waals surface area contributed by atoms with E-state index in [0.29, 0.717) is 33.9 Å². The summed E-state index contributed by atoms with van der Waals surface area (Å²) in [5.74, 6) is -0.740. The predicted molar refractivity (Wildman–Crippen MR) is 245 cm³/mol. The Balaban J connectivity index is 0.000000289. The Bertz CT molecular complexity index is 2630. The first kappa shape index (κ1) is 61.9. The smallest absolute Gasteiger partial charge is 0.434 e. The SMILES string of the molecule is CC(C)(C)OC(=O)C(C)(C)Oc1cc(-c2ncco2)ccc1CN1CCN(C(=O)OC(C(F)(F)F)C(F)(F)F)CC1.CC(C)(Oc1cc(-c2ncco2)ccc1CN1CCN(C(=O)OC(C(F)(F)F)C(F)(F)F)CC1)C(=O)O. The average molecular weight is 1130 g/mol. The van der Waals surface area contributed by atoms with E-state index in [2.05, 4.69) is 19.4 Å². The second kappa shape index (κ2) is 23.9. The number of nitrogens with zero attached hydrogens (tertiary/aromatic N) is 6. The van der Waals surface area contributed by atoms with Crippen LogP contribution in [-0.2, 0) is 36.9 Å². The average Bonchev–Trinajstić information content (AvgIpc) is 4.07. The topological polar surface area (TPSA) is 200 Å². The number of hydrogen-bond acceptors (Lipinski definition) is 15. The van der Waals surface area contributed by atoms with E-state index in [1.165, 1.54) is 38.8 Å². The fourth-order valence-corrected chi connectivity index (χ4v) is 7.24. The fraction of sp³-hybridized carbons (Fsp3) is 0.542. The molecular weight excluding hydrogens is 1080 g/mol. The number of alkyl halides is 12. The van der Waals surface area contributed by atoms with Gasteiger partial charge in [-0.1, -0.05) is 12.1 Å². The van der Waals surface area contributed by atoms with Gasteiger partial charge in [-0.2, -0.15) is 52.7 Å². The molecule has 18 nitrogen and oxygen atoms in total. The van der Waals surface area contributed by atoms with Gasteiger partial charge in [-0.15, -0.1) is 0 Å². The first-order chi connectivity index (χ1) is 35.8. The van der Waals surface area contributed by atoms with Gasteiger partial charge in [0.2, 0.25) is 11.8 Å². The number of carboxylic acid groups (broad SMARTS) is 1. The van der Waals surface area contributed by atoms with Gasteiger partial charge in [-0.3, -0.25) is 9.80 Å². The molecule has 0 spiro atoms. The number of carbonyl (C=O) groups excluding carboxylic acids is 3. The Morgan fingerprint density at radius 3 is 1.19 bits per heavy atom. The van der Waals surface area contributed by atoms with Gasteiger partial charge in [0.1, 0.15) is 29.6 Å². The van der Waals surface area contributed by atoms with Crippen molar-refractivity contribution in [3.8, 4) is 34.4 Å². The lowest BCUT2D eigenvalue weighted by atomic mass is 10.1. The Morgan fingerprint density at radius 1 is 0.551 bits per heavy atom. The highest BCUT2D eigenvalue weighted by molar-refractivity contribution is 5.79. The third kappa shape index (κ3) is 17.3. The zero-order valence-corrected chi connectivity index (χ0v) is 42.7. The molecule has 1 N–H and O–H groups in total. The van der Waals surface area contributed by atoms with Crippen LogP contribution in [0.3, 0.4) is 0 Å². The van der Waals surface area contributed by atoms with Gasteiger partial charge in [0, 0.05) is 87.7 Å². The molecule has 0 radical (unpaired) electrons. The van der Waals surface area contributed by atoms with E-state index in [9.17, 15) is 77.0 Å². The Labute approximate surface area is 437 Å². The second-order valence-electron chi connectivity index (χ2n) is 19.6. The number of amides is 2. The molecule has 432 valence electrons. The first-order valence-electron chi connectivity index (χ1n) is 23.4. The molecule has 2 aromatic heterocycles. The van der Waals surface area contributed by atoms with E-state index in [1.54, 1.807) is 75.9 Å². The fourth-order valence-electron chi connectivity index (χ4n) is 7.24. The molecule has 2 aromatic carbocycles. The maximum atomic E-state index is 12.8. The van der Waals surface area contributed by atoms with Crippen LogP contribution in [0.4, 0.5) is 62.3 Å². The van der Waals surface area contributed by atoms with E-state index in [-0.39, 0.29) is 77.1 Å². The summed E-state index contributed by atoms with van der Waals surface area (Å²) in [5.41, 5.74) is -1.53. The molecular formula is C48H54F12N6O12. The number of oxazole rings is 2. The van der Waals surface area contributed by atoms with E-state index >= 15 is 0 Å². The molecule has 4 aromatic rings. The van der Waals surface area contributed by atoms with Crippen molar-refractivity contribution in [3.05, 3.63) is 72.4 Å². The summed E-state index contributed by atoms with van der Waals surface area (Å²) in [4.78, 5) is 61.8. The minimum absolute atomic E-state index is 0.0983. The Kier molecular flexibility index (Phi) is 19.0. The normalized spacial score (nSPS) is 15.7. The van der Waals surface area contributed by atoms with Gasteiger partial charge in [-0.05, 0) is 72.7 Å². The van der Waals surface area contributed by atoms with Crippen molar-refractivity contribution in [1.29, 1.82) is 0 Å². The summed E-state index contributed by atoms with van der Waals surface area (Å²) in [6, 6.07) is 9.95. The van der Waals surface area contributed by atoms with E-state index in [4.69, 9.17) is 23.0 Å². The maximum Gasteiger partial charge on any atom is 0.434 e. The lowest BCUT2D eigenvalue weighted by molar-refractivity contribution is -0.309. The van der Waals surface area contributed by atoms with Crippen molar-refractivity contribution >= 4 is 24.1 Å². The number of carbonyl (C=O) groups is 4. The molecule has 0 bridgehead atoms. The molecule has 0 saturated carbocycles. The minimum Gasteiger partial charge on any atom is -0.478 e. The van der Waals surface area contributed by atoms with Crippen molar-refractivity contribution in [2.24, 2.45) is 0 Å². The molecule has 2 fully saturated rings. The van der Waals surface area contributed by atoms with Crippen LogP contribution in [-0.4, -0.2) is 165 Å². The van der Waals surface area contributed by atoms with Gasteiger partial charge in [0.05, 0.1) is 12.4 Å². The molecule has 0 unspecified atom stereocenters. The lowest BCUT2D eigenvalue weighted by Crippen LogP contribution is -2.52. The number of esters is 1. The monoisotopic (exact) mass is 1130 g/mol. The number of halogens is 12. The summed E-state index contributed by atoms with van der Waals surface area (Å²) in [6.45, 7) is 11.1. The van der Waals surface area contributed by atoms with Crippen LogP contribution < -0.4 is 9.47 Å². The summed E-state index contributed by atoms with van der Waals surface area (Å²) >= 11 is 0. The van der Waals surface area contributed by atoms with Crippen LogP contribution in [0.25, 0.3) is 22.9 Å². The number of aliphatic carboxylic acids is 1. The zero-order chi connectivity index (χ0) is 58.4. The minimum atomic E-state index is -5.80. The van der Waals surface area contributed by atoms with Crippen LogP contribution in [0.5, 0.6) is 11.5 Å². The number of ether oxygens (including phenoxy) is 5. The van der Waals surface area contributed by atoms with Crippen LogP contribution in [0.15, 0.2) is 70.2 Å². The van der Waals surface area contributed by atoms with Crippen LogP contribution in [0.2, 0.25) is 0 Å². The van der Waals surface area contributed by atoms with Crippen LogP contribution in [0, 0.1) is 0 Å². The largest absolute Gasteiger partial charge is 0.478 e. The zero-order valence-electron chi connectivity index (χ0n) is 42.7. The molecule has 6 rings (SSSR count). The van der Waals surface area contributed by atoms with Crippen molar-refractivity contribution < 1.29 is 109 Å². The standard InChI is InChI=1S/C26H31F6N3O6.C22H23F6N3O6/c1-23(2,3)41-21(36)24(4,5)40-18-14-16(19-33-8-13-38-19)6-7-17(18)15-34-9-11-35(12-10-34)22(37)39-20(25(27,28)29)26(30,31)32;1-20(2,18(32)33)37-15-11-13(16-29-5-10-35-16)3-4-14(15)12-30-6-8-31(9-7-30)19(34)36-17(21(23,24)25)22(26,27)28/h6-8,13-14,20H,9-12,15H2,1-5H3;3-5,10-11,17H,6-9,12H2,1-2H3,(H,32,33). The second-order valence-corrected chi connectivity index (χ2v) is 19.6. The lowest BCUT2D eigenvalue weighted by Gasteiger charge is -2.35. The molecule has 0 aliphatic carbocycles. The van der Waals surface area contributed by atoms with Crippen molar-refractivity contribution in [3.63, 3.8) is 0 Å². The maximum absolute atomic E-state index is 12.8. The Hall–Kier alpha value is -6.98. The number of benzene rings is 2. The number of rotatable bonds is 14. The van der Waals surface area contributed by atoms with Crippen molar-refractivity contribution in [1.82, 2.24) is 29.6 Å². The van der Waals surface area contributed by atoms with Crippen molar-refractivity contribution in [2.75, 3.05) is 52.4 Å². The van der Waals surface area contributed by atoms with Crippen LogP contribution in [0.1, 0.15) is 59.6 Å². The highest BCUT2D eigenvalue weighted by atomic mass is 19.4. The molecule has 2 amide bonds. The number of carboxylic acids is 1. The summed E-state index contributed by atoms with van der Waals surface area (Å²) in [6.07, 6.45) is -29.4. The predicted octanol–water partition coefficient (Wildman–Crippen LogP) is 9.92. The highest BCUT2D eigenvalue weighted by Gasteiger charge is 2.61. The van der Waals surface area contributed by atoms with Gasteiger partial charge in [-0.25, -0.2) is 29.1 Å². The molecule has 4 heterocycles. The first-order valence-corrected chi connectivity index (χ1v) is 23.4. The summed E-state index contributed by atoms with van der Waals surface area (Å²) in [5, 5.41) is 9.46. The van der Waals surface area contributed by atoms with Crippen molar-refractivity contribution in [2.45, 2.75) is 115 Å². The van der Waals surface area contributed by atoms with Gasteiger partial charge in [0.25, 0.3) is 12.2 Å². The number of hydrogen-bond donors (Lipinski definition) is 1. The highest BCUT2D eigenvalue weighted by Crippen LogP contribution is 2.39. The van der Waals surface area contributed by atoms with E-state index in [0.717, 1.165) is 9.80 Å². The summed E-state index contributed by atoms with van der Waals surface area (Å²) in [7, 11) is 0. The van der Waals surface area contributed by atoms with Crippen LogP contribution >= 0.6 is 0 Å². The molecule has 2 saturated heterocycles. The third-order valence-corrected chi connectivity index (χ3v) is 11.3. The van der Waals surface area contributed by atoms with Gasteiger partial charge < -0.3 is 47.4 Å². The summed E-state index contributed by atoms with van der Waals surface area (Å²) < 4.78 is 188. The molecule has 78 heavy (non-hydrogen) atoms. The molecule has 2 aliphatic heterocycles. The van der Waals surface area contributed by atoms with E-state index < -0.39 is 77.8 Å². The van der Waals surface area contributed by atoms with Gasteiger partial charge >= 0.3 is 48.8 Å². The van der Waals surface area contributed by atoms with E-state index in [1.807, 2.05) is 4.90 Å².